The van der Waals surface area contributed by atoms with E-state index in [9.17, 15) is 14.2 Å². The van der Waals surface area contributed by atoms with Gasteiger partial charge >= 0.3 is 15.2 Å². The second-order valence-electron chi connectivity index (χ2n) is 7.64. The Morgan fingerprint density at radius 3 is 1.92 bits per heavy atom. The summed E-state index contributed by atoms with van der Waals surface area (Å²) in [7, 11) is -7.76. The molecule has 156 valence electrons. The molecule has 0 aromatic heterocycles. The van der Waals surface area contributed by atoms with Crippen LogP contribution in [0.3, 0.4) is 0 Å². The molecular formula is C17H36O7P2. The van der Waals surface area contributed by atoms with Crippen LogP contribution in [-0.2, 0) is 27.2 Å². The van der Waals surface area contributed by atoms with E-state index < -0.39 is 25.9 Å². The molecule has 3 unspecified atom stereocenters. The lowest BCUT2D eigenvalue weighted by Crippen LogP contribution is -2.36. The molecule has 26 heavy (non-hydrogen) atoms. The van der Waals surface area contributed by atoms with Crippen LogP contribution in [0.4, 0.5) is 0 Å². The topological polar surface area (TPSA) is 91.3 Å². The quantitative estimate of drug-likeness (QED) is 0.454. The second-order valence-corrected chi connectivity index (χ2v) is 12.2. The standard InChI is InChI=1S/C17H36O7P2/c1-8-21-25(19)16(18,11-14(4)5)13-17(24-25,12-15(6)7)26(20,22-9-2)23-10-3/h14-15,18H,8-13H2,1-7H3. The fourth-order valence-corrected chi connectivity index (χ4v) is 9.20. The molecule has 1 saturated heterocycles. The van der Waals surface area contributed by atoms with E-state index in [0.717, 1.165) is 0 Å². The lowest BCUT2D eigenvalue weighted by Gasteiger charge is -2.35. The van der Waals surface area contributed by atoms with Gasteiger partial charge in [-0.05, 0) is 45.4 Å². The van der Waals surface area contributed by atoms with Gasteiger partial charge in [0.25, 0.3) is 0 Å². The second kappa shape index (κ2) is 9.17. The van der Waals surface area contributed by atoms with E-state index in [-0.39, 0.29) is 50.9 Å². The minimum Gasteiger partial charge on any atom is -0.377 e. The van der Waals surface area contributed by atoms with Gasteiger partial charge in [-0.25, -0.2) is 0 Å². The molecule has 3 atom stereocenters. The van der Waals surface area contributed by atoms with Crippen LogP contribution >= 0.6 is 15.2 Å². The Labute approximate surface area is 158 Å². The number of aliphatic hydroxyl groups is 1. The molecule has 1 fully saturated rings. The van der Waals surface area contributed by atoms with E-state index in [1.807, 2.05) is 27.7 Å². The van der Waals surface area contributed by atoms with E-state index in [4.69, 9.17) is 18.1 Å². The minimum absolute atomic E-state index is 0.0470. The minimum atomic E-state index is -3.94. The third-order valence-corrected chi connectivity index (χ3v) is 9.54. The van der Waals surface area contributed by atoms with E-state index in [0.29, 0.717) is 0 Å². The van der Waals surface area contributed by atoms with Crippen LogP contribution in [0.2, 0.25) is 0 Å². The molecule has 9 heteroatoms. The Kier molecular flexibility index (Phi) is 8.57. The van der Waals surface area contributed by atoms with Gasteiger partial charge in [-0.15, -0.1) is 0 Å². The fraction of sp³-hybridized carbons (Fsp3) is 1.00. The molecule has 0 radical (unpaired) electrons. The summed E-state index contributed by atoms with van der Waals surface area (Å²) in [6.07, 6.45) is 0.384. The first-order chi connectivity index (χ1) is 11.9. The van der Waals surface area contributed by atoms with E-state index in [2.05, 4.69) is 0 Å². The Balaban J connectivity index is 3.52. The molecule has 1 aliphatic heterocycles. The monoisotopic (exact) mass is 414 g/mol. The summed E-state index contributed by atoms with van der Waals surface area (Å²) in [5.74, 6) is 0.103. The first-order valence-corrected chi connectivity index (χ1v) is 12.6. The van der Waals surface area contributed by atoms with Crippen LogP contribution < -0.4 is 0 Å². The highest BCUT2D eigenvalue weighted by Crippen LogP contribution is 2.80. The molecule has 0 spiro atoms. The van der Waals surface area contributed by atoms with Crippen LogP contribution in [0, 0.1) is 11.8 Å². The van der Waals surface area contributed by atoms with Gasteiger partial charge in [0.15, 0.2) is 10.7 Å². The third-order valence-electron chi connectivity index (χ3n) is 4.22. The fourth-order valence-electron chi connectivity index (χ4n) is 3.65. The SMILES string of the molecule is CCOP1(=O)OC(CC(C)C)(P(=O)(OCC)OCC)CC1(O)CC(C)C. The lowest BCUT2D eigenvalue weighted by molar-refractivity contribution is 0.0518. The molecule has 0 saturated carbocycles. The predicted octanol–water partition coefficient (Wildman–Crippen LogP) is 5.38. The van der Waals surface area contributed by atoms with Crippen molar-refractivity contribution in [3.05, 3.63) is 0 Å². The highest BCUT2D eigenvalue weighted by atomic mass is 31.2. The summed E-state index contributed by atoms with van der Waals surface area (Å²) in [6, 6.07) is 0. The predicted molar refractivity (Wildman–Crippen MR) is 102 cm³/mol. The summed E-state index contributed by atoms with van der Waals surface area (Å²) in [5.41, 5.74) is 0. The van der Waals surface area contributed by atoms with Crippen molar-refractivity contribution in [1.82, 2.24) is 0 Å². The van der Waals surface area contributed by atoms with Crippen molar-refractivity contribution in [3.63, 3.8) is 0 Å². The third kappa shape index (κ3) is 4.81. The smallest absolute Gasteiger partial charge is 0.363 e. The molecular weight excluding hydrogens is 378 g/mol. The van der Waals surface area contributed by atoms with Gasteiger partial charge in [-0.2, -0.15) is 0 Å². The van der Waals surface area contributed by atoms with Crippen molar-refractivity contribution in [1.29, 1.82) is 0 Å². The van der Waals surface area contributed by atoms with Crippen LogP contribution in [0.1, 0.15) is 67.7 Å². The molecule has 1 aliphatic rings. The zero-order valence-electron chi connectivity index (χ0n) is 17.2. The normalized spacial score (nSPS) is 32.7. The van der Waals surface area contributed by atoms with Crippen LogP contribution in [0.15, 0.2) is 0 Å². The molecule has 0 bridgehead atoms. The molecule has 0 aromatic rings. The summed E-state index contributed by atoms with van der Waals surface area (Å²) in [4.78, 5) is 0. The highest BCUT2D eigenvalue weighted by molar-refractivity contribution is 7.60. The van der Waals surface area contributed by atoms with Crippen molar-refractivity contribution in [2.75, 3.05) is 19.8 Å². The Hall–Kier alpha value is 0.260. The molecule has 1 rings (SSSR count). The van der Waals surface area contributed by atoms with Gasteiger partial charge in [0.1, 0.15) is 0 Å². The average molecular weight is 414 g/mol. The summed E-state index contributed by atoms with van der Waals surface area (Å²) >= 11 is 0. The first kappa shape index (κ1) is 24.3. The molecule has 0 aliphatic carbocycles. The largest absolute Gasteiger partial charge is 0.377 e. The molecule has 1 heterocycles. The van der Waals surface area contributed by atoms with Crippen molar-refractivity contribution in [2.45, 2.75) is 78.4 Å². The number of hydrogen-bond acceptors (Lipinski definition) is 7. The number of rotatable bonds is 11. The maximum atomic E-state index is 13.7. The maximum absolute atomic E-state index is 13.7. The maximum Gasteiger partial charge on any atom is 0.363 e. The van der Waals surface area contributed by atoms with Gasteiger partial charge < -0.3 is 18.7 Å². The van der Waals surface area contributed by atoms with Crippen LogP contribution in [-0.4, -0.2) is 35.6 Å². The lowest BCUT2D eigenvalue weighted by atomic mass is 9.95. The van der Waals surface area contributed by atoms with Crippen molar-refractivity contribution in [3.8, 4) is 0 Å². The van der Waals surface area contributed by atoms with Crippen LogP contribution in [0.5, 0.6) is 0 Å². The van der Waals surface area contributed by atoms with E-state index >= 15 is 0 Å². The van der Waals surface area contributed by atoms with Gasteiger partial charge in [0.2, 0.25) is 0 Å². The Morgan fingerprint density at radius 1 is 1.04 bits per heavy atom. The van der Waals surface area contributed by atoms with Crippen LogP contribution in [0.25, 0.3) is 0 Å². The van der Waals surface area contributed by atoms with Crippen molar-refractivity contribution < 1.29 is 32.3 Å². The molecule has 0 amide bonds. The molecule has 7 nitrogen and oxygen atoms in total. The van der Waals surface area contributed by atoms with Gasteiger partial charge in [-0.1, -0.05) is 27.7 Å². The molecule has 1 N–H and O–H groups in total. The van der Waals surface area contributed by atoms with Gasteiger partial charge in [0.05, 0.1) is 19.8 Å². The summed E-state index contributed by atoms with van der Waals surface area (Å²) in [5, 5.41) is 8.09. The first-order valence-electron chi connectivity index (χ1n) is 9.50. The average Bonchev–Trinajstić information content (AvgIpc) is 2.66. The zero-order valence-corrected chi connectivity index (χ0v) is 19.0. The van der Waals surface area contributed by atoms with Crippen molar-refractivity contribution >= 4 is 15.2 Å². The van der Waals surface area contributed by atoms with E-state index in [1.54, 1.807) is 20.8 Å². The van der Waals surface area contributed by atoms with Gasteiger partial charge in [-0.3, -0.25) is 13.7 Å². The summed E-state index contributed by atoms with van der Waals surface area (Å²) in [6.45, 7) is 13.3. The summed E-state index contributed by atoms with van der Waals surface area (Å²) < 4.78 is 49.7. The zero-order chi connectivity index (χ0) is 20.2. The highest BCUT2D eigenvalue weighted by Gasteiger charge is 2.71. The molecule has 0 aromatic carbocycles. The van der Waals surface area contributed by atoms with E-state index in [1.165, 1.54) is 0 Å². The Morgan fingerprint density at radius 2 is 1.54 bits per heavy atom. The van der Waals surface area contributed by atoms with Crippen molar-refractivity contribution in [2.24, 2.45) is 11.8 Å². The number of hydrogen-bond donors (Lipinski definition) is 1. The Bertz CT molecular complexity index is 541. The van der Waals surface area contributed by atoms with Gasteiger partial charge in [0, 0.05) is 6.42 Å².